The zero-order valence-electron chi connectivity index (χ0n) is 10.8. The molecule has 1 aromatic heterocycles. The maximum absolute atomic E-state index is 11.5. The van der Waals surface area contributed by atoms with Crippen molar-refractivity contribution in [2.45, 2.75) is 13.8 Å². The molecule has 0 radical (unpaired) electrons. The van der Waals surface area contributed by atoms with Gasteiger partial charge in [0.2, 0.25) is 0 Å². The average molecular weight is 341 g/mol. The van der Waals surface area contributed by atoms with Crippen LogP contribution in [-0.2, 0) is 4.74 Å². The third kappa shape index (κ3) is 3.13. The van der Waals surface area contributed by atoms with Crippen LogP contribution in [0, 0.1) is 13.8 Å². The van der Waals surface area contributed by atoms with Crippen LogP contribution in [0.4, 0.5) is 10.8 Å². The van der Waals surface area contributed by atoms with Gasteiger partial charge in [-0.25, -0.2) is 9.78 Å². The van der Waals surface area contributed by atoms with Gasteiger partial charge >= 0.3 is 5.97 Å². The molecule has 0 aliphatic heterocycles. The largest absolute Gasteiger partial charge is 0.465 e. The lowest BCUT2D eigenvalue weighted by Crippen LogP contribution is -1.99. The normalized spacial score (nSPS) is 10.3. The van der Waals surface area contributed by atoms with Gasteiger partial charge in [-0.2, -0.15) is 0 Å². The number of aryl methyl sites for hydroxylation is 2. The predicted octanol–water partition coefficient (Wildman–Crippen LogP) is 4.05. The fraction of sp³-hybridized carbons (Fsp3) is 0.231. The van der Waals surface area contributed by atoms with E-state index in [0.717, 1.165) is 10.2 Å². The Hall–Kier alpha value is -1.40. The molecule has 0 aliphatic carbocycles. The smallest absolute Gasteiger partial charge is 0.350 e. The average Bonchev–Trinajstić information content (AvgIpc) is 2.73. The van der Waals surface area contributed by atoms with Crippen LogP contribution in [0.25, 0.3) is 0 Å². The van der Waals surface area contributed by atoms with Gasteiger partial charge in [0.05, 0.1) is 18.5 Å². The van der Waals surface area contributed by atoms with Crippen molar-refractivity contribution in [3.63, 3.8) is 0 Å². The number of methoxy groups -OCH3 is 1. The number of halogens is 1. The minimum Gasteiger partial charge on any atom is -0.465 e. The van der Waals surface area contributed by atoms with Gasteiger partial charge in [-0.05, 0) is 47.5 Å². The van der Waals surface area contributed by atoms with E-state index in [2.05, 4.69) is 26.2 Å². The van der Waals surface area contributed by atoms with Crippen molar-refractivity contribution in [2.75, 3.05) is 12.4 Å². The summed E-state index contributed by atoms with van der Waals surface area (Å²) in [5.41, 5.74) is 2.75. The molecule has 19 heavy (non-hydrogen) atoms. The SMILES string of the molecule is COC(=O)c1sc(Nc2ccc(C)cc2Br)nc1C. The third-order valence-electron chi connectivity index (χ3n) is 2.53. The highest BCUT2D eigenvalue weighted by Gasteiger charge is 2.16. The van der Waals surface area contributed by atoms with Crippen LogP contribution in [0.1, 0.15) is 20.9 Å². The summed E-state index contributed by atoms with van der Waals surface area (Å²) in [6.45, 7) is 3.82. The Kier molecular flexibility index (Phi) is 4.21. The molecule has 6 heteroatoms. The summed E-state index contributed by atoms with van der Waals surface area (Å²) in [5, 5.41) is 3.86. The predicted molar refractivity (Wildman–Crippen MR) is 80.4 cm³/mol. The molecule has 1 aromatic carbocycles. The summed E-state index contributed by atoms with van der Waals surface area (Å²) in [4.78, 5) is 16.4. The van der Waals surface area contributed by atoms with Gasteiger partial charge < -0.3 is 10.1 Å². The molecule has 1 N–H and O–H groups in total. The molecule has 0 saturated carbocycles. The number of carbonyl (C=O) groups is 1. The Morgan fingerprint density at radius 1 is 1.42 bits per heavy atom. The van der Waals surface area contributed by atoms with Gasteiger partial charge in [-0.15, -0.1) is 0 Å². The Bertz CT molecular complexity index is 625. The minimum absolute atomic E-state index is 0.356. The van der Waals surface area contributed by atoms with Crippen molar-refractivity contribution in [3.8, 4) is 0 Å². The number of carbonyl (C=O) groups excluding carboxylic acids is 1. The second kappa shape index (κ2) is 5.71. The number of benzene rings is 1. The Balaban J connectivity index is 2.26. The highest BCUT2D eigenvalue weighted by molar-refractivity contribution is 9.10. The van der Waals surface area contributed by atoms with Crippen LogP contribution >= 0.6 is 27.3 Å². The summed E-state index contributed by atoms with van der Waals surface area (Å²) < 4.78 is 5.67. The first kappa shape index (κ1) is 14.0. The fourth-order valence-corrected chi connectivity index (χ4v) is 3.06. The molecule has 0 amide bonds. The van der Waals surface area contributed by atoms with E-state index in [9.17, 15) is 4.79 Å². The second-order valence-electron chi connectivity index (χ2n) is 4.03. The monoisotopic (exact) mass is 340 g/mol. The van der Waals surface area contributed by atoms with Gasteiger partial charge in [-0.3, -0.25) is 0 Å². The topological polar surface area (TPSA) is 51.2 Å². The van der Waals surface area contributed by atoms with Crippen LogP contribution in [0.15, 0.2) is 22.7 Å². The first-order valence-corrected chi connectivity index (χ1v) is 7.21. The molecular weight excluding hydrogens is 328 g/mol. The van der Waals surface area contributed by atoms with Gasteiger partial charge in [-0.1, -0.05) is 17.4 Å². The molecule has 2 rings (SSSR count). The minimum atomic E-state index is -0.356. The number of nitrogens with one attached hydrogen (secondary N) is 1. The van der Waals surface area contributed by atoms with Gasteiger partial charge in [0.15, 0.2) is 5.13 Å². The molecule has 2 aromatic rings. The summed E-state index contributed by atoms with van der Waals surface area (Å²) >= 11 is 4.78. The number of anilines is 2. The quantitative estimate of drug-likeness (QED) is 0.856. The van der Waals surface area contributed by atoms with Crippen molar-refractivity contribution in [1.82, 2.24) is 4.98 Å². The Labute approximate surface area is 124 Å². The molecular formula is C13H13BrN2O2S. The number of esters is 1. The van der Waals surface area contributed by atoms with E-state index in [1.807, 2.05) is 25.1 Å². The van der Waals surface area contributed by atoms with Crippen LogP contribution in [0.2, 0.25) is 0 Å². The van der Waals surface area contributed by atoms with E-state index >= 15 is 0 Å². The highest BCUT2D eigenvalue weighted by atomic mass is 79.9. The number of thiazole rings is 1. The van der Waals surface area contributed by atoms with Crippen molar-refractivity contribution in [3.05, 3.63) is 38.8 Å². The molecule has 0 fully saturated rings. The number of rotatable bonds is 3. The first-order chi connectivity index (χ1) is 9.01. The molecule has 0 aliphatic rings. The molecule has 4 nitrogen and oxygen atoms in total. The van der Waals surface area contributed by atoms with Gasteiger partial charge in [0.1, 0.15) is 4.88 Å². The molecule has 0 atom stereocenters. The fourth-order valence-electron chi connectivity index (χ4n) is 1.57. The molecule has 0 saturated heterocycles. The van der Waals surface area contributed by atoms with Crippen LogP contribution < -0.4 is 5.32 Å². The first-order valence-electron chi connectivity index (χ1n) is 5.60. The third-order valence-corrected chi connectivity index (χ3v) is 4.24. The number of ether oxygens (including phenoxy) is 1. The lowest BCUT2D eigenvalue weighted by atomic mass is 10.2. The summed E-state index contributed by atoms with van der Waals surface area (Å²) in [5.74, 6) is -0.356. The maximum Gasteiger partial charge on any atom is 0.350 e. The van der Waals surface area contributed by atoms with Crippen LogP contribution in [-0.4, -0.2) is 18.1 Å². The molecule has 0 unspecified atom stereocenters. The van der Waals surface area contributed by atoms with Crippen molar-refractivity contribution >= 4 is 44.1 Å². The summed E-state index contributed by atoms with van der Waals surface area (Å²) in [7, 11) is 1.37. The zero-order chi connectivity index (χ0) is 14.0. The second-order valence-corrected chi connectivity index (χ2v) is 5.89. The van der Waals surface area contributed by atoms with E-state index in [0.29, 0.717) is 15.7 Å². The van der Waals surface area contributed by atoms with E-state index in [-0.39, 0.29) is 5.97 Å². The molecule has 100 valence electrons. The highest BCUT2D eigenvalue weighted by Crippen LogP contribution is 2.30. The zero-order valence-corrected chi connectivity index (χ0v) is 13.2. The van der Waals surface area contributed by atoms with E-state index in [1.165, 1.54) is 24.0 Å². The lowest BCUT2D eigenvalue weighted by molar-refractivity contribution is 0.0605. The molecule has 0 bridgehead atoms. The van der Waals surface area contributed by atoms with Crippen molar-refractivity contribution in [2.24, 2.45) is 0 Å². The molecule has 1 heterocycles. The van der Waals surface area contributed by atoms with E-state index in [1.54, 1.807) is 6.92 Å². The van der Waals surface area contributed by atoms with Crippen LogP contribution in [0.5, 0.6) is 0 Å². The van der Waals surface area contributed by atoms with Crippen LogP contribution in [0.3, 0.4) is 0 Å². The Morgan fingerprint density at radius 2 is 2.16 bits per heavy atom. The number of hydrogen-bond acceptors (Lipinski definition) is 5. The van der Waals surface area contributed by atoms with Gasteiger partial charge in [0, 0.05) is 4.47 Å². The van der Waals surface area contributed by atoms with E-state index in [4.69, 9.17) is 4.74 Å². The molecule has 0 spiro atoms. The number of hydrogen-bond donors (Lipinski definition) is 1. The van der Waals surface area contributed by atoms with Gasteiger partial charge in [0.25, 0.3) is 0 Å². The number of nitrogens with zero attached hydrogens (tertiary/aromatic N) is 1. The lowest BCUT2D eigenvalue weighted by Gasteiger charge is -2.05. The summed E-state index contributed by atoms with van der Waals surface area (Å²) in [6, 6.07) is 5.99. The summed E-state index contributed by atoms with van der Waals surface area (Å²) in [6.07, 6.45) is 0. The van der Waals surface area contributed by atoms with Crippen molar-refractivity contribution < 1.29 is 9.53 Å². The standard InChI is InChI=1S/C13H13BrN2O2S/c1-7-4-5-10(9(14)6-7)16-13-15-8(2)11(19-13)12(17)18-3/h4-6H,1-3H3,(H,15,16). The Morgan fingerprint density at radius 3 is 2.79 bits per heavy atom. The van der Waals surface area contributed by atoms with E-state index < -0.39 is 0 Å². The van der Waals surface area contributed by atoms with Crippen molar-refractivity contribution in [1.29, 1.82) is 0 Å². The maximum atomic E-state index is 11.5. The number of aromatic nitrogens is 1.